The van der Waals surface area contributed by atoms with E-state index in [1.165, 1.54) is 5.39 Å². The first-order valence-corrected chi connectivity index (χ1v) is 5.82. The maximum absolute atomic E-state index is 6.20. The average Bonchev–Trinajstić information content (AvgIpc) is 2.36. The molecule has 2 heteroatoms. The molecule has 2 nitrogen and oxygen atoms in total. The number of benzene rings is 1. The molecule has 0 radical (unpaired) electrons. The highest BCUT2D eigenvalue weighted by Gasteiger charge is 2.13. The van der Waals surface area contributed by atoms with E-state index in [1.54, 1.807) is 0 Å². The van der Waals surface area contributed by atoms with Crippen LogP contribution < -0.4 is 5.73 Å². The number of rotatable bonds is 3. The smallest absolute Gasteiger partial charge is 0.0702 e. The van der Waals surface area contributed by atoms with Crippen LogP contribution in [0.2, 0.25) is 0 Å². The number of pyridine rings is 1. The summed E-state index contributed by atoms with van der Waals surface area (Å²) in [4.78, 5) is 4.44. The minimum Gasteiger partial charge on any atom is -0.324 e. The van der Waals surface area contributed by atoms with Gasteiger partial charge < -0.3 is 5.73 Å². The highest BCUT2D eigenvalue weighted by molar-refractivity contribution is 5.78. The van der Waals surface area contributed by atoms with E-state index in [2.05, 4.69) is 31.0 Å². The standard InChI is InChI=1S/C14H18N2/c1-3-10(2)14(15)12-8-11-6-4-5-7-13(11)16-9-12/h4-10,14H,3,15H2,1-2H3. The van der Waals surface area contributed by atoms with E-state index in [9.17, 15) is 0 Å². The lowest BCUT2D eigenvalue weighted by Crippen LogP contribution is -2.18. The maximum atomic E-state index is 6.20. The predicted octanol–water partition coefficient (Wildman–Crippen LogP) is 3.28. The summed E-state index contributed by atoms with van der Waals surface area (Å²) in [5, 5.41) is 1.17. The van der Waals surface area contributed by atoms with Crippen LogP contribution in [0.4, 0.5) is 0 Å². The molecule has 0 aliphatic carbocycles. The second kappa shape index (κ2) is 4.62. The van der Waals surface area contributed by atoms with Crippen molar-refractivity contribution in [2.24, 2.45) is 11.7 Å². The van der Waals surface area contributed by atoms with E-state index in [0.717, 1.165) is 17.5 Å². The van der Waals surface area contributed by atoms with Crippen LogP contribution in [-0.2, 0) is 0 Å². The second-order valence-electron chi connectivity index (χ2n) is 4.37. The molecule has 0 bridgehead atoms. The topological polar surface area (TPSA) is 38.9 Å². The van der Waals surface area contributed by atoms with Crippen LogP contribution in [0.5, 0.6) is 0 Å². The zero-order valence-corrected chi connectivity index (χ0v) is 9.85. The Labute approximate surface area is 96.5 Å². The predicted molar refractivity (Wildman–Crippen MR) is 68.1 cm³/mol. The Bertz CT molecular complexity index is 479. The van der Waals surface area contributed by atoms with Gasteiger partial charge in [0.2, 0.25) is 0 Å². The SMILES string of the molecule is CCC(C)C(N)c1cnc2ccccc2c1. The van der Waals surface area contributed by atoms with Gasteiger partial charge in [-0.2, -0.15) is 0 Å². The monoisotopic (exact) mass is 214 g/mol. The molecule has 0 fully saturated rings. The van der Waals surface area contributed by atoms with Gasteiger partial charge in [0.15, 0.2) is 0 Å². The Hall–Kier alpha value is -1.41. The third kappa shape index (κ3) is 2.07. The summed E-state index contributed by atoms with van der Waals surface area (Å²) in [5.74, 6) is 0.489. The van der Waals surface area contributed by atoms with Gasteiger partial charge in [-0.1, -0.05) is 38.5 Å². The molecule has 0 amide bonds. The van der Waals surface area contributed by atoms with E-state index in [-0.39, 0.29) is 6.04 Å². The van der Waals surface area contributed by atoms with Crippen LogP contribution in [0.25, 0.3) is 10.9 Å². The molecule has 16 heavy (non-hydrogen) atoms. The molecule has 0 saturated carbocycles. The first kappa shape index (κ1) is 11.1. The van der Waals surface area contributed by atoms with Gasteiger partial charge in [0, 0.05) is 17.6 Å². The van der Waals surface area contributed by atoms with Gasteiger partial charge in [-0.25, -0.2) is 0 Å². The molecule has 0 spiro atoms. The normalized spacial score (nSPS) is 14.9. The van der Waals surface area contributed by atoms with Gasteiger partial charge in [-0.15, -0.1) is 0 Å². The van der Waals surface area contributed by atoms with Crippen LogP contribution in [0.3, 0.4) is 0 Å². The molecule has 0 aliphatic heterocycles. The molecule has 0 aliphatic rings. The molecule has 2 rings (SSSR count). The van der Waals surface area contributed by atoms with E-state index in [1.807, 2.05) is 24.4 Å². The fourth-order valence-electron chi connectivity index (χ4n) is 1.85. The second-order valence-corrected chi connectivity index (χ2v) is 4.37. The molecule has 1 aromatic heterocycles. The maximum Gasteiger partial charge on any atom is 0.0702 e. The molecular formula is C14H18N2. The van der Waals surface area contributed by atoms with E-state index in [4.69, 9.17) is 5.73 Å². The number of para-hydroxylation sites is 1. The Balaban J connectivity index is 2.39. The fourth-order valence-corrected chi connectivity index (χ4v) is 1.85. The van der Waals surface area contributed by atoms with Crippen LogP contribution in [0.1, 0.15) is 31.9 Å². The number of hydrogen-bond acceptors (Lipinski definition) is 2. The van der Waals surface area contributed by atoms with Crippen molar-refractivity contribution >= 4 is 10.9 Å². The first-order chi connectivity index (χ1) is 7.72. The summed E-state index contributed by atoms with van der Waals surface area (Å²) in [6.45, 7) is 4.35. The Morgan fingerprint density at radius 1 is 1.31 bits per heavy atom. The molecule has 0 saturated heterocycles. The quantitative estimate of drug-likeness (QED) is 0.851. The van der Waals surface area contributed by atoms with Crippen LogP contribution in [0.15, 0.2) is 36.5 Å². The molecule has 2 N–H and O–H groups in total. The lowest BCUT2D eigenvalue weighted by molar-refractivity contribution is 0.456. The van der Waals surface area contributed by atoms with Gasteiger partial charge in [0.05, 0.1) is 5.52 Å². The lowest BCUT2D eigenvalue weighted by Gasteiger charge is -2.18. The largest absolute Gasteiger partial charge is 0.324 e. The Kier molecular flexibility index (Phi) is 3.20. The minimum absolute atomic E-state index is 0.0853. The van der Waals surface area contributed by atoms with Crippen molar-refractivity contribution in [2.45, 2.75) is 26.3 Å². The van der Waals surface area contributed by atoms with E-state index in [0.29, 0.717) is 5.92 Å². The molecule has 1 aromatic carbocycles. The number of nitrogens with two attached hydrogens (primary N) is 1. The molecule has 2 unspecified atom stereocenters. The molecule has 2 atom stereocenters. The van der Waals surface area contributed by atoms with Crippen molar-refractivity contribution < 1.29 is 0 Å². The van der Waals surface area contributed by atoms with Crippen molar-refractivity contribution in [2.75, 3.05) is 0 Å². The molecule has 84 valence electrons. The Morgan fingerprint density at radius 2 is 2.06 bits per heavy atom. The molecule has 2 aromatic rings. The van der Waals surface area contributed by atoms with Gasteiger partial charge in [0.25, 0.3) is 0 Å². The third-order valence-corrected chi connectivity index (χ3v) is 3.25. The third-order valence-electron chi connectivity index (χ3n) is 3.25. The summed E-state index contributed by atoms with van der Waals surface area (Å²) < 4.78 is 0. The van der Waals surface area contributed by atoms with E-state index >= 15 is 0 Å². The summed E-state index contributed by atoms with van der Waals surface area (Å²) >= 11 is 0. The fraction of sp³-hybridized carbons (Fsp3) is 0.357. The summed E-state index contributed by atoms with van der Waals surface area (Å²) in [5.41, 5.74) is 8.36. The number of fused-ring (bicyclic) bond motifs is 1. The highest BCUT2D eigenvalue weighted by atomic mass is 14.7. The number of hydrogen-bond donors (Lipinski definition) is 1. The number of aromatic nitrogens is 1. The first-order valence-electron chi connectivity index (χ1n) is 5.82. The number of nitrogens with zero attached hydrogens (tertiary/aromatic N) is 1. The van der Waals surface area contributed by atoms with E-state index < -0.39 is 0 Å². The lowest BCUT2D eigenvalue weighted by atomic mass is 9.94. The zero-order valence-electron chi connectivity index (χ0n) is 9.85. The molecular weight excluding hydrogens is 196 g/mol. The summed E-state index contributed by atoms with van der Waals surface area (Å²) in [7, 11) is 0. The minimum atomic E-state index is 0.0853. The van der Waals surface area contributed by atoms with Gasteiger partial charge in [-0.05, 0) is 23.6 Å². The zero-order chi connectivity index (χ0) is 11.5. The van der Waals surface area contributed by atoms with Gasteiger partial charge in [0.1, 0.15) is 0 Å². The average molecular weight is 214 g/mol. The van der Waals surface area contributed by atoms with Crippen LogP contribution >= 0.6 is 0 Å². The van der Waals surface area contributed by atoms with Crippen molar-refractivity contribution in [1.82, 2.24) is 4.98 Å². The van der Waals surface area contributed by atoms with Crippen LogP contribution in [-0.4, -0.2) is 4.98 Å². The van der Waals surface area contributed by atoms with Gasteiger partial charge in [-0.3, -0.25) is 4.98 Å². The summed E-state index contributed by atoms with van der Waals surface area (Å²) in [6.07, 6.45) is 2.99. The van der Waals surface area contributed by atoms with Crippen LogP contribution in [0, 0.1) is 5.92 Å². The van der Waals surface area contributed by atoms with Crippen molar-refractivity contribution in [1.29, 1.82) is 0 Å². The van der Waals surface area contributed by atoms with Crippen molar-refractivity contribution in [3.8, 4) is 0 Å². The summed E-state index contributed by atoms with van der Waals surface area (Å²) in [6, 6.07) is 10.4. The van der Waals surface area contributed by atoms with Crippen molar-refractivity contribution in [3.63, 3.8) is 0 Å². The van der Waals surface area contributed by atoms with Gasteiger partial charge >= 0.3 is 0 Å². The van der Waals surface area contributed by atoms with Crippen molar-refractivity contribution in [3.05, 3.63) is 42.1 Å². The molecule has 1 heterocycles. The Morgan fingerprint density at radius 3 is 2.81 bits per heavy atom. The highest BCUT2D eigenvalue weighted by Crippen LogP contribution is 2.23.